The summed E-state index contributed by atoms with van der Waals surface area (Å²) in [6.45, 7) is 0. The molecule has 2 aromatic rings. The first-order valence-corrected chi connectivity index (χ1v) is 7.55. The first kappa shape index (κ1) is 14.5. The van der Waals surface area contributed by atoms with Crippen LogP contribution in [0.3, 0.4) is 0 Å². The van der Waals surface area contributed by atoms with Gasteiger partial charge in [-0.05, 0) is 48.7 Å². The molecule has 104 valence electrons. The summed E-state index contributed by atoms with van der Waals surface area (Å²) in [5.41, 5.74) is 2.55. The maximum absolute atomic E-state index is 12.2. The van der Waals surface area contributed by atoms with Crippen LogP contribution in [-0.4, -0.2) is 26.3 Å². The number of nitrogens with zero attached hydrogens (tertiary/aromatic N) is 1. The van der Waals surface area contributed by atoms with Crippen LogP contribution in [0.2, 0.25) is 0 Å². The summed E-state index contributed by atoms with van der Waals surface area (Å²) >= 11 is 1.65. The molecule has 1 amide bonds. The lowest BCUT2D eigenvalue weighted by Crippen LogP contribution is -2.13. The van der Waals surface area contributed by atoms with Gasteiger partial charge in [-0.3, -0.25) is 4.79 Å². The number of benzene rings is 2. The number of nitrogens with one attached hydrogen (secondary N) is 1. The van der Waals surface area contributed by atoms with Crippen LogP contribution < -0.4 is 10.2 Å². The number of amides is 1. The third-order valence-corrected chi connectivity index (χ3v) is 3.70. The number of thioether (sulfide) groups is 1. The number of carbonyl (C=O) groups is 1. The van der Waals surface area contributed by atoms with Gasteiger partial charge in [-0.1, -0.05) is 6.07 Å². The lowest BCUT2D eigenvalue weighted by atomic mass is 10.2. The van der Waals surface area contributed by atoms with Crippen molar-refractivity contribution in [2.75, 3.05) is 30.6 Å². The Kier molecular flexibility index (Phi) is 4.69. The first-order valence-electron chi connectivity index (χ1n) is 6.33. The summed E-state index contributed by atoms with van der Waals surface area (Å²) in [5.74, 6) is -0.0893. The Bertz CT molecular complexity index is 594. The van der Waals surface area contributed by atoms with Gasteiger partial charge in [0.2, 0.25) is 0 Å². The van der Waals surface area contributed by atoms with Gasteiger partial charge >= 0.3 is 0 Å². The lowest BCUT2D eigenvalue weighted by Gasteiger charge is -2.12. The van der Waals surface area contributed by atoms with E-state index in [1.807, 2.05) is 73.8 Å². The minimum atomic E-state index is -0.0893. The van der Waals surface area contributed by atoms with E-state index in [9.17, 15) is 4.79 Å². The van der Waals surface area contributed by atoms with E-state index in [0.717, 1.165) is 16.3 Å². The molecule has 0 atom stereocenters. The van der Waals surface area contributed by atoms with E-state index in [-0.39, 0.29) is 5.91 Å². The van der Waals surface area contributed by atoms with Crippen molar-refractivity contribution in [2.45, 2.75) is 4.90 Å². The number of carbonyl (C=O) groups excluding carboxylic acids is 1. The molecule has 2 aromatic carbocycles. The van der Waals surface area contributed by atoms with Crippen LogP contribution >= 0.6 is 11.8 Å². The fourth-order valence-corrected chi connectivity index (χ4v) is 2.27. The molecule has 3 nitrogen and oxygen atoms in total. The molecule has 0 saturated carbocycles. The maximum Gasteiger partial charge on any atom is 0.255 e. The molecule has 20 heavy (non-hydrogen) atoms. The fourth-order valence-electron chi connectivity index (χ4n) is 1.82. The fraction of sp³-hybridized carbons (Fsp3) is 0.188. The summed E-state index contributed by atoms with van der Waals surface area (Å²) in [5, 5.41) is 2.92. The van der Waals surface area contributed by atoms with Crippen LogP contribution in [0.5, 0.6) is 0 Å². The molecular formula is C16H18N2OS. The number of anilines is 2. The standard InChI is InChI=1S/C16H18N2OS/c1-18(2)14-9-7-12(8-10-14)16(19)17-13-5-4-6-15(11-13)20-3/h4-11H,1-3H3,(H,17,19). The highest BCUT2D eigenvalue weighted by Gasteiger charge is 2.06. The zero-order chi connectivity index (χ0) is 14.5. The Hall–Kier alpha value is -1.94. The molecule has 4 heteroatoms. The quantitative estimate of drug-likeness (QED) is 0.869. The summed E-state index contributed by atoms with van der Waals surface area (Å²) in [4.78, 5) is 15.3. The Morgan fingerprint density at radius 3 is 2.40 bits per heavy atom. The van der Waals surface area contributed by atoms with Gasteiger partial charge < -0.3 is 10.2 Å². The molecule has 0 unspecified atom stereocenters. The zero-order valence-corrected chi connectivity index (χ0v) is 12.7. The summed E-state index contributed by atoms with van der Waals surface area (Å²) < 4.78 is 0. The second kappa shape index (κ2) is 6.48. The van der Waals surface area contributed by atoms with Gasteiger partial charge in [-0.2, -0.15) is 0 Å². The van der Waals surface area contributed by atoms with E-state index in [0.29, 0.717) is 5.56 Å². The van der Waals surface area contributed by atoms with Crippen LogP contribution in [-0.2, 0) is 0 Å². The molecule has 0 saturated heterocycles. The van der Waals surface area contributed by atoms with Gasteiger partial charge in [0.05, 0.1) is 0 Å². The Labute approximate surface area is 124 Å². The molecule has 0 spiro atoms. The van der Waals surface area contributed by atoms with Gasteiger partial charge in [0, 0.05) is 35.9 Å². The number of rotatable bonds is 4. The topological polar surface area (TPSA) is 32.3 Å². The van der Waals surface area contributed by atoms with E-state index in [1.54, 1.807) is 11.8 Å². The summed E-state index contributed by atoms with van der Waals surface area (Å²) in [6.07, 6.45) is 2.01. The molecule has 0 bridgehead atoms. The van der Waals surface area contributed by atoms with Crippen LogP contribution in [0.15, 0.2) is 53.4 Å². The van der Waals surface area contributed by atoms with Crippen molar-refractivity contribution in [3.05, 3.63) is 54.1 Å². The summed E-state index contributed by atoms with van der Waals surface area (Å²) in [6, 6.07) is 15.4. The molecule has 0 aliphatic rings. The van der Waals surface area contributed by atoms with Crippen molar-refractivity contribution < 1.29 is 4.79 Å². The minimum absolute atomic E-state index is 0.0893. The van der Waals surface area contributed by atoms with Crippen LogP contribution in [0.25, 0.3) is 0 Å². The zero-order valence-electron chi connectivity index (χ0n) is 11.9. The van der Waals surface area contributed by atoms with Crippen LogP contribution in [0.1, 0.15) is 10.4 Å². The Morgan fingerprint density at radius 2 is 1.80 bits per heavy atom. The maximum atomic E-state index is 12.2. The largest absolute Gasteiger partial charge is 0.378 e. The third kappa shape index (κ3) is 3.54. The van der Waals surface area contributed by atoms with Gasteiger partial charge in [0.25, 0.3) is 5.91 Å². The Morgan fingerprint density at radius 1 is 1.10 bits per heavy atom. The van der Waals surface area contributed by atoms with Crippen molar-refractivity contribution >= 4 is 29.0 Å². The molecule has 1 N–H and O–H groups in total. The molecule has 0 radical (unpaired) electrons. The average molecular weight is 286 g/mol. The van der Waals surface area contributed by atoms with Crippen LogP contribution in [0.4, 0.5) is 11.4 Å². The van der Waals surface area contributed by atoms with Crippen molar-refractivity contribution in [3.8, 4) is 0 Å². The average Bonchev–Trinajstić information content (AvgIpc) is 2.47. The molecule has 0 aliphatic heterocycles. The van der Waals surface area contributed by atoms with Crippen molar-refractivity contribution in [1.82, 2.24) is 0 Å². The minimum Gasteiger partial charge on any atom is -0.378 e. The van der Waals surface area contributed by atoms with E-state index in [1.165, 1.54) is 0 Å². The normalized spacial score (nSPS) is 10.2. The highest BCUT2D eigenvalue weighted by atomic mass is 32.2. The number of hydrogen-bond donors (Lipinski definition) is 1. The molecular weight excluding hydrogens is 268 g/mol. The van der Waals surface area contributed by atoms with Crippen molar-refractivity contribution in [3.63, 3.8) is 0 Å². The highest BCUT2D eigenvalue weighted by molar-refractivity contribution is 7.98. The molecule has 0 aliphatic carbocycles. The monoisotopic (exact) mass is 286 g/mol. The highest BCUT2D eigenvalue weighted by Crippen LogP contribution is 2.20. The van der Waals surface area contributed by atoms with Crippen molar-refractivity contribution in [1.29, 1.82) is 0 Å². The molecule has 0 fully saturated rings. The van der Waals surface area contributed by atoms with E-state index in [4.69, 9.17) is 0 Å². The first-order chi connectivity index (χ1) is 9.60. The second-order valence-corrected chi connectivity index (χ2v) is 5.51. The summed E-state index contributed by atoms with van der Waals surface area (Å²) in [7, 11) is 3.95. The predicted molar refractivity (Wildman–Crippen MR) is 86.9 cm³/mol. The number of hydrogen-bond acceptors (Lipinski definition) is 3. The van der Waals surface area contributed by atoms with Gasteiger partial charge in [-0.25, -0.2) is 0 Å². The van der Waals surface area contributed by atoms with E-state index in [2.05, 4.69) is 5.32 Å². The lowest BCUT2D eigenvalue weighted by molar-refractivity contribution is 0.102. The smallest absolute Gasteiger partial charge is 0.255 e. The van der Waals surface area contributed by atoms with E-state index >= 15 is 0 Å². The van der Waals surface area contributed by atoms with Gasteiger partial charge in [0.1, 0.15) is 0 Å². The SMILES string of the molecule is CSc1cccc(NC(=O)c2ccc(N(C)C)cc2)c1. The molecule has 2 rings (SSSR count). The predicted octanol–water partition coefficient (Wildman–Crippen LogP) is 3.73. The second-order valence-electron chi connectivity index (χ2n) is 4.63. The van der Waals surface area contributed by atoms with E-state index < -0.39 is 0 Å². The van der Waals surface area contributed by atoms with Crippen molar-refractivity contribution in [2.24, 2.45) is 0 Å². The Balaban J connectivity index is 2.11. The third-order valence-electron chi connectivity index (χ3n) is 2.97. The molecule has 0 heterocycles. The van der Waals surface area contributed by atoms with Crippen LogP contribution in [0, 0.1) is 0 Å². The van der Waals surface area contributed by atoms with Gasteiger partial charge in [-0.15, -0.1) is 11.8 Å². The van der Waals surface area contributed by atoms with Gasteiger partial charge in [0.15, 0.2) is 0 Å². The molecule has 0 aromatic heterocycles.